The van der Waals surface area contributed by atoms with Gasteiger partial charge in [0, 0.05) is 12.0 Å². The van der Waals surface area contributed by atoms with Crippen molar-refractivity contribution in [3.63, 3.8) is 0 Å². The number of ether oxygens (including phenoxy) is 1. The smallest absolute Gasteiger partial charge is 0.102 e. The van der Waals surface area contributed by atoms with Crippen LogP contribution in [-0.2, 0) is 4.74 Å². The van der Waals surface area contributed by atoms with Gasteiger partial charge in [0.2, 0.25) is 0 Å². The summed E-state index contributed by atoms with van der Waals surface area (Å²) >= 11 is 0. The largest absolute Gasteiger partial charge is 0.494 e. The van der Waals surface area contributed by atoms with Gasteiger partial charge in [-0.2, -0.15) is 0 Å². The van der Waals surface area contributed by atoms with E-state index in [0.717, 1.165) is 5.92 Å². The van der Waals surface area contributed by atoms with Crippen LogP contribution in [0.2, 0.25) is 0 Å². The van der Waals surface area contributed by atoms with Gasteiger partial charge >= 0.3 is 0 Å². The molecule has 2 unspecified atom stereocenters. The summed E-state index contributed by atoms with van der Waals surface area (Å²) in [5, 5.41) is 3.98. The van der Waals surface area contributed by atoms with Gasteiger partial charge in [0.15, 0.2) is 0 Å². The topological polar surface area (TPSA) is 21.3 Å². The SMILES string of the molecule is C1=C(C2CCCCCCCCC2)C=C(OC2CCCCC2)C2CCCCCCCNC12. The van der Waals surface area contributed by atoms with Crippen molar-refractivity contribution in [1.82, 2.24) is 5.32 Å². The highest BCUT2D eigenvalue weighted by atomic mass is 16.5. The van der Waals surface area contributed by atoms with Gasteiger partial charge in [-0.25, -0.2) is 0 Å². The molecule has 0 spiro atoms. The lowest BCUT2D eigenvalue weighted by Gasteiger charge is -2.37. The Hall–Kier alpha value is -0.760. The van der Waals surface area contributed by atoms with E-state index in [1.807, 2.05) is 0 Å². The predicted octanol–water partition coefficient (Wildman–Crippen LogP) is 8.23. The van der Waals surface area contributed by atoms with E-state index in [1.54, 1.807) is 5.57 Å². The van der Waals surface area contributed by atoms with Crippen molar-refractivity contribution in [1.29, 1.82) is 0 Å². The molecule has 3 fully saturated rings. The summed E-state index contributed by atoms with van der Waals surface area (Å²) < 4.78 is 6.87. The van der Waals surface area contributed by atoms with E-state index in [1.165, 1.54) is 141 Å². The molecule has 0 aromatic rings. The molecule has 0 radical (unpaired) electrons. The minimum absolute atomic E-state index is 0.472. The number of hydrogen-bond acceptors (Lipinski definition) is 2. The molecule has 4 rings (SSSR count). The average Bonchev–Trinajstić information content (AvgIpc) is 2.81. The number of rotatable bonds is 3. The molecule has 31 heavy (non-hydrogen) atoms. The first-order valence-electron chi connectivity index (χ1n) is 14.2. The standard InChI is InChI=1S/C29H49NO/c1-2-5-10-16-24(17-11-6-3-1)25-22-28-27(20-14-7-4-8-15-21-30-28)29(23-25)31-26-18-12-9-13-19-26/h22-24,26-28,30H,1-21H2. The lowest BCUT2D eigenvalue weighted by Crippen LogP contribution is -2.40. The molecule has 1 heterocycles. The van der Waals surface area contributed by atoms with E-state index in [0.29, 0.717) is 18.1 Å². The van der Waals surface area contributed by atoms with Crippen LogP contribution in [0.4, 0.5) is 0 Å². The van der Waals surface area contributed by atoms with E-state index < -0.39 is 0 Å². The maximum atomic E-state index is 6.87. The summed E-state index contributed by atoms with van der Waals surface area (Å²) in [5.41, 5.74) is 1.62. The van der Waals surface area contributed by atoms with Crippen LogP contribution in [-0.4, -0.2) is 18.7 Å². The van der Waals surface area contributed by atoms with E-state index in [2.05, 4.69) is 17.5 Å². The summed E-state index contributed by atoms with van der Waals surface area (Å²) in [7, 11) is 0. The lowest BCUT2D eigenvalue weighted by molar-refractivity contribution is 0.0561. The molecule has 0 bridgehead atoms. The van der Waals surface area contributed by atoms with Crippen LogP contribution in [0.3, 0.4) is 0 Å². The van der Waals surface area contributed by atoms with E-state index in [4.69, 9.17) is 4.74 Å². The lowest BCUT2D eigenvalue weighted by atomic mass is 9.78. The van der Waals surface area contributed by atoms with E-state index in [9.17, 15) is 0 Å². The third kappa shape index (κ3) is 7.37. The van der Waals surface area contributed by atoms with Gasteiger partial charge in [0.25, 0.3) is 0 Å². The first-order valence-corrected chi connectivity index (χ1v) is 14.2. The Morgan fingerprint density at radius 2 is 1.16 bits per heavy atom. The van der Waals surface area contributed by atoms with Crippen molar-refractivity contribution in [2.75, 3.05) is 6.54 Å². The highest BCUT2D eigenvalue weighted by molar-refractivity contribution is 5.33. The second-order valence-corrected chi connectivity index (χ2v) is 11.0. The molecule has 2 nitrogen and oxygen atoms in total. The zero-order valence-electron chi connectivity index (χ0n) is 20.2. The molecule has 176 valence electrons. The Bertz CT molecular complexity index is 563. The average molecular weight is 428 g/mol. The van der Waals surface area contributed by atoms with E-state index in [-0.39, 0.29) is 0 Å². The summed E-state index contributed by atoms with van der Waals surface area (Å²) in [6.07, 6.45) is 33.4. The molecule has 0 aromatic carbocycles. The maximum Gasteiger partial charge on any atom is 0.102 e. The van der Waals surface area contributed by atoms with Crippen LogP contribution in [0.1, 0.15) is 128 Å². The second-order valence-electron chi connectivity index (χ2n) is 11.0. The van der Waals surface area contributed by atoms with Crippen LogP contribution in [0.5, 0.6) is 0 Å². The Balaban J connectivity index is 1.53. The van der Waals surface area contributed by atoms with Crippen LogP contribution >= 0.6 is 0 Å². The molecule has 2 atom stereocenters. The van der Waals surface area contributed by atoms with Crippen LogP contribution in [0.15, 0.2) is 23.5 Å². The molecule has 0 aromatic heterocycles. The van der Waals surface area contributed by atoms with Crippen LogP contribution < -0.4 is 5.32 Å². The van der Waals surface area contributed by atoms with Crippen molar-refractivity contribution < 1.29 is 4.74 Å². The zero-order valence-corrected chi connectivity index (χ0v) is 20.2. The van der Waals surface area contributed by atoms with Crippen molar-refractivity contribution in [3.05, 3.63) is 23.5 Å². The number of hydrogen-bond donors (Lipinski definition) is 1. The Kier molecular flexibility index (Phi) is 9.87. The Labute approximate surface area is 192 Å². The van der Waals surface area contributed by atoms with Gasteiger partial charge in [0.1, 0.15) is 5.76 Å². The highest BCUT2D eigenvalue weighted by Crippen LogP contribution is 2.38. The molecule has 2 heteroatoms. The fourth-order valence-electron chi connectivity index (χ4n) is 6.53. The maximum absolute atomic E-state index is 6.87. The molecule has 1 N–H and O–H groups in total. The molecular weight excluding hydrogens is 378 g/mol. The zero-order chi connectivity index (χ0) is 21.1. The Morgan fingerprint density at radius 1 is 0.613 bits per heavy atom. The first-order chi connectivity index (χ1) is 15.4. The fraction of sp³-hybridized carbons (Fsp3) is 0.862. The third-order valence-electron chi connectivity index (χ3n) is 8.48. The number of fused-ring (bicyclic) bond motifs is 1. The minimum atomic E-state index is 0.472. The third-order valence-corrected chi connectivity index (χ3v) is 8.48. The van der Waals surface area contributed by atoms with Crippen molar-refractivity contribution >= 4 is 0 Å². The van der Waals surface area contributed by atoms with Crippen LogP contribution in [0.25, 0.3) is 0 Å². The van der Waals surface area contributed by atoms with Gasteiger partial charge in [-0.15, -0.1) is 0 Å². The number of allylic oxidation sites excluding steroid dienone is 2. The Morgan fingerprint density at radius 3 is 1.87 bits per heavy atom. The van der Waals surface area contributed by atoms with E-state index >= 15 is 0 Å². The molecule has 2 saturated carbocycles. The molecule has 1 saturated heterocycles. The first kappa shape index (κ1) is 23.4. The van der Waals surface area contributed by atoms with Crippen molar-refractivity contribution in [2.24, 2.45) is 11.8 Å². The van der Waals surface area contributed by atoms with Crippen molar-refractivity contribution in [2.45, 2.75) is 141 Å². The molecule has 1 aliphatic heterocycles. The fourth-order valence-corrected chi connectivity index (χ4v) is 6.53. The molecule has 3 aliphatic carbocycles. The summed E-state index contributed by atoms with van der Waals surface area (Å²) in [4.78, 5) is 0. The number of nitrogens with one attached hydrogen (secondary N) is 1. The van der Waals surface area contributed by atoms with Gasteiger partial charge in [0.05, 0.1) is 6.10 Å². The van der Waals surface area contributed by atoms with Crippen molar-refractivity contribution in [3.8, 4) is 0 Å². The minimum Gasteiger partial charge on any atom is -0.494 e. The highest BCUT2D eigenvalue weighted by Gasteiger charge is 2.32. The van der Waals surface area contributed by atoms with Gasteiger partial charge in [-0.1, -0.05) is 83.1 Å². The van der Waals surface area contributed by atoms with Crippen LogP contribution in [0, 0.1) is 11.8 Å². The van der Waals surface area contributed by atoms with Gasteiger partial charge < -0.3 is 10.1 Å². The monoisotopic (exact) mass is 427 g/mol. The summed E-state index contributed by atoms with van der Waals surface area (Å²) in [6, 6.07) is 0.493. The van der Waals surface area contributed by atoms with Gasteiger partial charge in [-0.05, 0) is 75.5 Å². The van der Waals surface area contributed by atoms with Gasteiger partial charge in [-0.3, -0.25) is 0 Å². The summed E-state index contributed by atoms with van der Waals surface area (Å²) in [5.74, 6) is 2.67. The molecule has 4 aliphatic rings. The molecule has 0 amide bonds. The predicted molar refractivity (Wildman–Crippen MR) is 132 cm³/mol. The normalized spacial score (nSPS) is 31.1. The summed E-state index contributed by atoms with van der Waals surface area (Å²) in [6.45, 7) is 1.17. The quantitative estimate of drug-likeness (QED) is 0.489. The second kappa shape index (κ2) is 13.1. The molecular formula is C29H49NO.